The molecule has 1 nitrogen and oxygen atoms in total. The third kappa shape index (κ3) is 2.90. The molecule has 0 saturated heterocycles. The summed E-state index contributed by atoms with van der Waals surface area (Å²) in [5.41, 5.74) is 0. The Labute approximate surface area is 78.9 Å². The van der Waals surface area contributed by atoms with Crippen LogP contribution in [0.2, 0.25) is 0 Å². The van der Waals surface area contributed by atoms with Gasteiger partial charge in [-0.15, -0.1) is 0 Å². The first-order valence-electron chi connectivity index (χ1n) is 5.10. The third-order valence-electron chi connectivity index (χ3n) is 3.17. The standard InChI is InChI=1S/C10H19F2N/c1-7-3-5-8(6-4-7)9(13-2)10(11)12/h7-10,13H,3-6H2,1-2H3. The summed E-state index contributed by atoms with van der Waals surface area (Å²) in [6.45, 7) is 2.20. The zero-order chi connectivity index (χ0) is 9.84. The molecule has 78 valence electrons. The lowest BCUT2D eigenvalue weighted by molar-refractivity contribution is 0.0571. The van der Waals surface area contributed by atoms with E-state index in [9.17, 15) is 8.78 Å². The molecule has 1 fully saturated rings. The van der Waals surface area contributed by atoms with Gasteiger partial charge in [-0.1, -0.05) is 19.8 Å². The molecule has 1 N–H and O–H groups in total. The second kappa shape index (κ2) is 4.89. The molecule has 3 heteroatoms. The summed E-state index contributed by atoms with van der Waals surface area (Å²) in [5.74, 6) is 0.910. The molecule has 0 bridgehead atoms. The zero-order valence-electron chi connectivity index (χ0n) is 8.39. The summed E-state index contributed by atoms with van der Waals surface area (Å²) in [6.07, 6.45) is 1.91. The monoisotopic (exact) mass is 191 g/mol. The van der Waals surface area contributed by atoms with Crippen LogP contribution in [0.15, 0.2) is 0 Å². The minimum Gasteiger partial charge on any atom is -0.312 e. The fraction of sp³-hybridized carbons (Fsp3) is 1.00. The number of hydrogen-bond donors (Lipinski definition) is 1. The minimum absolute atomic E-state index is 0.182. The van der Waals surface area contributed by atoms with E-state index in [1.807, 2.05) is 0 Å². The summed E-state index contributed by atoms with van der Waals surface area (Å²) < 4.78 is 25.0. The maximum Gasteiger partial charge on any atom is 0.253 e. The van der Waals surface area contributed by atoms with Crippen molar-refractivity contribution in [3.05, 3.63) is 0 Å². The normalized spacial score (nSPS) is 32.1. The second-order valence-corrected chi connectivity index (χ2v) is 4.17. The van der Waals surface area contributed by atoms with Crippen molar-refractivity contribution in [2.75, 3.05) is 7.05 Å². The topological polar surface area (TPSA) is 12.0 Å². The summed E-state index contributed by atoms with van der Waals surface area (Å²) in [6, 6.07) is -0.590. The van der Waals surface area contributed by atoms with Gasteiger partial charge in [0.15, 0.2) is 0 Å². The van der Waals surface area contributed by atoms with Gasteiger partial charge in [-0.3, -0.25) is 0 Å². The van der Waals surface area contributed by atoms with Crippen LogP contribution in [-0.4, -0.2) is 19.5 Å². The van der Waals surface area contributed by atoms with E-state index in [1.54, 1.807) is 7.05 Å². The SMILES string of the molecule is CNC(C(F)F)C1CCC(C)CC1. The Morgan fingerprint density at radius 3 is 2.08 bits per heavy atom. The molecule has 13 heavy (non-hydrogen) atoms. The molecule has 1 unspecified atom stereocenters. The smallest absolute Gasteiger partial charge is 0.253 e. The van der Waals surface area contributed by atoms with Crippen molar-refractivity contribution in [3.8, 4) is 0 Å². The highest BCUT2D eigenvalue weighted by molar-refractivity contribution is 4.81. The van der Waals surface area contributed by atoms with E-state index >= 15 is 0 Å². The average molecular weight is 191 g/mol. The van der Waals surface area contributed by atoms with Crippen LogP contribution in [0.5, 0.6) is 0 Å². The van der Waals surface area contributed by atoms with Gasteiger partial charge >= 0.3 is 0 Å². The molecule has 0 aliphatic heterocycles. The third-order valence-corrected chi connectivity index (χ3v) is 3.17. The lowest BCUT2D eigenvalue weighted by atomic mass is 9.79. The molecule has 0 aromatic rings. The molecular weight excluding hydrogens is 172 g/mol. The molecule has 1 aliphatic rings. The van der Waals surface area contributed by atoms with Gasteiger partial charge < -0.3 is 5.32 Å². The number of hydrogen-bond acceptors (Lipinski definition) is 1. The number of rotatable bonds is 3. The molecule has 1 atom stereocenters. The van der Waals surface area contributed by atoms with Gasteiger partial charge in [0.2, 0.25) is 0 Å². The van der Waals surface area contributed by atoms with Gasteiger partial charge in [0.25, 0.3) is 6.43 Å². The van der Waals surface area contributed by atoms with Crippen LogP contribution in [0.25, 0.3) is 0 Å². The number of nitrogens with one attached hydrogen (secondary N) is 1. The Hall–Kier alpha value is -0.180. The van der Waals surface area contributed by atoms with Gasteiger partial charge in [-0.25, -0.2) is 8.78 Å². The first-order valence-corrected chi connectivity index (χ1v) is 5.10. The van der Waals surface area contributed by atoms with Crippen LogP contribution in [0.3, 0.4) is 0 Å². The predicted octanol–water partition coefficient (Wildman–Crippen LogP) is 2.67. The fourth-order valence-corrected chi connectivity index (χ4v) is 2.21. The fourth-order valence-electron chi connectivity index (χ4n) is 2.21. The van der Waals surface area contributed by atoms with Crippen LogP contribution in [0, 0.1) is 11.8 Å². The lowest BCUT2D eigenvalue weighted by Gasteiger charge is -2.32. The van der Waals surface area contributed by atoms with E-state index in [0.29, 0.717) is 0 Å². The van der Waals surface area contributed by atoms with E-state index in [1.165, 1.54) is 0 Å². The van der Waals surface area contributed by atoms with Crippen molar-refractivity contribution < 1.29 is 8.78 Å². The van der Waals surface area contributed by atoms with Crippen LogP contribution in [0.4, 0.5) is 8.78 Å². The molecule has 0 radical (unpaired) electrons. The Bertz CT molecular complexity index is 142. The van der Waals surface area contributed by atoms with Crippen molar-refractivity contribution in [1.29, 1.82) is 0 Å². The van der Waals surface area contributed by atoms with Crippen LogP contribution in [-0.2, 0) is 0 Å². The highest BCUT2D eigenvalue weighted by atomic mass is 19.3. The van der Waals surface area contributed by atoms with Crippen molar-refractivity contribution in [3.63, 3.8) is 0 Å². The highest BCUT2D eigenvalue weighted by Gasteiger charge is 2.30. The zero-order valence-corrected chi connectivity index (χ0v) is 8.39. The Morgan fingerprint density at radius 1 is 1.15 bits per heavy atom. The van der Waals surface area contributed by atoms with Crippen molar-refractivity contribution in [1.82, 2.24) is 5.32 Å². The summed E-state index contributed by atoms with van der Waals surface area (Å²) >= 11 is 0. The van der Waals surface area contributed by atoms with Gasteiger partial charge in [0.05, 0.1) is 6.04 Å². The summed E-state index contributed by atoms with van der Waals surface area (Å²) in [7, 11) is 1.63. The molecule has 1 aliphatic carbocycles. The van der Waals surface area contributed by atoms with Gasteiger partial charge in [-0.05, 0) is 31.7 Å². The van der Waals surface area contributed by atoms with Crippen LogP contribution in [0.1, 0.15) is 32.6 Å². The lowest BCUT2D eigenvalue weighted by Crippen LogP contribution is -2.41. The second-order valence-electron chi connectivity index (χ2n) is 4.17. The van der Waals surface area contributed by atoms with Crippen molar-refractivity contribution in [2.24, 2.45) is 11.8 Å². The Morgan fingerprint density at radius 2 is 1.69 bits per heavy atom. The predicted molar refractivity (Wildman–Crippen MR) is 50.0 cm³/mol. The van der Waals surface area contributed by atoms with Crippen LogP contribution >= 0.6 is 0 Å². The average Bonchev–Trinajstić information content (AvgIpc) is 2.09. The maximum absolute atomic E-state index is 12.5. The van der Waals surface area contributed by atoms with E-state index in [0.717, 1.165) is 31.6 Å². The molecule has 0 aromatic heterocycles. The Kier molecular flexibility index (Phi) is 4.10. The van der Waals surface area contributed by atoms with E-state index in [4.69, 9.17) is 0 Å². The van der Waals surface area contributed by atoms with Crippen LogP contribution < -0.4 is 5.32 Å². The van der Waals surface area contributed by atoms with Crippen molar-refractivity contribution >= 4 is 0 Å². The van der Waals surface area contributed by atoms with Gasteiger partial charge in [-0.2, -0.15) is 0 Å². The maximum atomic E-state index is 12.5. The molecule has 0 amide bonds. The van der Waals surface area contributed by atoms with Gasteiger partial charge in [0.1, 0.15) is 0 Å². The van der Waals surface area contributed by atoms with Gasteiger partial charge in [0, 0.05) is 0 Å². The van der Waals surface area contributed by atoms with E-state index in [2.05, 4.69) is 12.2 Å². The van der Waals surface area contributed by atoms with E-state index in [-0.39, 0.29) is 5.92 Å². The molecule has 1 rings (SSSR count). The number of alkyl halides is 2. The molecule has 0 spiro atoms. The Balaban J connectivity index is 2.41. The summed E-state index contributed by atoms with van der Waals surface area (Å²) in [5, 5.41) is 2.74. The molecule has 0 heterocycles. The van der Waals surface area contributed by atoms with Crippen molar-refractivity contribution in [2.45, 2.75) is 45.1 Å². The van der Waals surface area contributed by atoms with E-state index < -0.39 is 12.5 Å². The molecule has 0 aromatic carbocycles. The summed E-state index contributed by atoms with van der Waals surface area (Å²) in [4.78, 5) is 0. The molecular formula is C10H19F2N. The highest BCUT2D eigenvalue weighted by Crippen LogP contribution is 2.32. The first-order chi connectivity index (χ1) is 6.15. The quantitative estimate of drug-likeness (QED) is 0.723. The number of halogens is 2. The largest absolute Gasteiger partial charge is 0.312 e. The molecule has 1 saturated carbocycles. The minimum atomic E-state index is -2.22. The first kappa shape index (κ1) is 10.9.